The van der Waals surface area contributed by atoms with Gasteiger partial charge in [0, 0.05) is 0 Å². The fourth-order valence-corrected chi connectivity index (χ4v) is 11.4. The minimum atomic E-state index is -1.85. The lowest BCUT2D eigenvalue weighted by Gasteiger charge is -2.20. The van der Waals surface area contributed by atoms with Crippen LogP contribution in [0.4, 0.5) is 0 Å². The molecule has 0 aliphatic rings. The van der Waals surface area contributed by atoms with Gasteiger partial charge in [-0.3, -0.25) is 0 Å². The molecule has 0 spiro atoms. The van der Waals surface area contributed by atoms with Gasteiger partial charge in [0.15, 0.2) is 24.2 Å². The van der Waals surface area contributed by atoms with E-state index in [1.807, 2.05) is 0 Å². The zero-order valence-corrected chi connectivity index (χ0v) is 19.7. The van der Waals surface area contributed by atoms with Crippen molar-refractivity contribution in [3.05, 3.63) is 34.2 Å². The molecule has 0 amide bonds. The summed E-state index contributed by atoms with van der Waals surface area (Å²) in [6.45, 7) is 15.4. The summed E-state index contributed by atoms with van der Waals surface area (Å²) in [6, 6.07) is 0. The highest BCUT2D eigenvalue weighted by Crippen LogP contribution is 2.16. The summed E-state index contributed by atoms with van der Waals surface area (Å²) in [6.07, 6.45) is 17.0. The van der Waals surface area contributed by atoms with Gasteiger partial charge >= 0.3 is 0 Å². The van der Waals surface area contributed by atoms with Crippen molar-refractivity contribution in [2.24, 2.45) is 0 Å². The zero-order valence-electron chi connectivity index (χ0n) is 15.7. The van der Waals surface area contributed by atoms with Gasteiger partial charge in [0.05, 0.1) is 0 Å². The van der Waals surface area contributed by atoms with Crippen LogP contribution in [0.5, 0.6) is 0 Å². The summed E-state index contributed by atoms with van der Waals surface area (Å²) < 4.78 is 0. The Morgan fingerprint density at radius 1 is 0.478 bits per heavy atom. The molecule has 0 nitrogen and oxygen atoms in total. The van der Waals surface area contributed by atoms with Crippen molar-refractivity contribution in [1.82, 2.24) is 0 Å². The van der Waals surface area contributed by atoms with Crippen LogP contribution in [0.1, 0.15) is 0 Å². The first-order valence-electron chi connectivity index (χ1n) is 7.85. The highest BCUT2D eigenvalue weighted by atomic mass is 28.3. The normalized spacial score (nSPS) is 16.2. The monoisotopic (exact) mass is 370 g/mol. The summed E-state index contributed by atoms with van der Waals surface area (Å²) in [4.78, 5) is 0. The zero-order chi connectivity index (χ0) is 18.4. The Hall–Kier alpha value is -1.23. The van der Waals surface area contributed by atoms with Crippen molar-refractivity contribution in [3.8, 4) is 35.9 Å². The van der Waals surface area contributed by atoms with Gasteiger partial charge in [-0.15, -0.1) is 35.9 Å². The fourth-order valence-electron chi connectivity index (χ4n) is 1.47. The molecule has 0 aromatic heterocycles. The van der Waals surface area contributed by atoms with E-state index in [9.17, 15) is 0 Å². The molecule has 0 aromatic carbocycles. The van der Waals surface area contributed by atoms with Gasteiger partial charge in [-0.05, 0) is 0 Å². The Kier molecular flexibility index (Phi) is 7.61. The summed E-state index contributed by atoms with van der Waals surface area (Å²) in [5.74, 6) is 0. The van der Waals surface area contributed by atoms with Crippen molar-refractivity contribution < 1.29 is 0 Å². The van der Waals surface area contributed by atoms with Crippen LogP contribution in [0.2, 0.25) is 45.8 Å². The van der Waals surface area contributed by atoms with Crippen molar-refractivity contribution in [2.75, 3.05) is 0 Å². The third kappa shape index (κ3) is 8.84. The molecule has 0 unspecified atom stereocenters. The number of hydrogen-bond donors (Lipinski definition) is 0. The molecule has 0 rings (SSSR count). The van der Waals surface area contributed by atoms with E-state index in [4.69, 9.17) is 19.3 Å². The Morgan fingerprint density at radius 3 is 0.870 bits per heavy atom. The van der Waals surface area contributed by atoms with E-state index in [0.29, 0.717) is 0 Å². The summed E-state index contributed by atoms with van der Waals surface area (Å²) in [7, 11) is -6.94. The quantitative estimate of drug-likeness (QED) is 0.473. The van der Waals surface area contributed by atoms with Gasteiger partial charge in [-0.25, -0.2) is 0 Å². The van der Waals surface area contributed by atoms with E-state index in [-0.39, 0.29) is 0 Å². The van der Waals surface area contributed by atoms with E-state index in [1.165, 1.54) is 0 Å². The Labute approximate surface area is 148 Å². The molecular weight excluding hydrogens is 341 g/mol. The third-order valence-corrected chi connectivity index (χ3v) is 12.6. The molecule has 0 aliphatic carbocycles. The topological polar surface area (TPSA) is 0 Å². The summed E-state index contributed by atoms with van der Waals surface area (Å²) >= 11 is 0. The Balaban J connectivity index is 5.79. The van der Waals surface area contributed by atoms with E-state index in [2.05, 4.69) is 96.7 Å². The van der Waals surface area contributed by atoms with Gasteiger partial charge in [0.2, 0.25) is 0 Å². The largest absolute Gasteiger partial charge is 0.154 e. The molecule has 122 valence electrons. The van der Waals surface area contributed by atoms with E-state index >= 15 is 0 Å². The molecule has 0 aromatic rings. The lowest BCUT2D eigenvalue weighted by Crippen LogP contribution is -2.31. The van der Waals surface area contributed by atoms with Crippen LogP contribution in [-0.4, -0.2) is 32.3 Å². The van der Waals surface area contributed by atoms with Crippen LogP contribution in [-0.2, 0) is 0 Å². The average Bonchev–Trinajstić information content (AvgIpc) is 2.50. The molecule has 0 atom stereocenters. The van der Waals surface area contributed by atoms with Gasteiger partial charge in [-0.2, -0.15) is 0 Å². The molecule has 0 saturated carbocycles. The van der Waals surface area contributed by atoms with Gasteiger partial charge in [0.25, 0.3) is 0 Å². The highest BCUT2D eigenvalue weighted by Gasteiger charge is 2.24. The molecule has 0 fully saturated rings. The highest BCUT2D eigenvalue weighted by molar-refractivity contribution is 6.99. The molecule has 0 radical (unpaired) electrons. The van der Waals surface area contributed by atoms with Crippen LogP contribution in [0.3, 0.4) is 0 Å². The third-order valence-electron chi connectivity index (χ3n) is 3.69. The molecule has 23 heavy (non-hydrogen) atoms. The lowest BCUT2D eigenvalue weighted by molar-refractivity contribution is 1.82. The predicted octanol–water partition coefficient (Wildman–Crippen LogP) is 4.61. The van der Waals surface area contributed by atoms with Crippen LogP contribution in [0.25, 0.3) is 0 Å². The molecule has 0 aliphatic heterocycles. The first-order valence-corrected chi connectivity index (χ1v) is 19.8. The summed E-state index contributed by atoms with van der Waals surface area (Å²) in [5, 5.41) is 0. The molecule has 0 N–H and O–H groups in total. The van der Waals surface area contributed by atoms with Crippen molar-refractivity contribution in [3.63, 3.8) is 0 Å². The second-order valence-corrected chi connectivity index (χ2v) is 23.9. The molecule has 4 heteroatoms. The maximum Gasteiger partial charge on any atom is 0.154 e. The molecule has 0 heterocycles. The minimum absolute atomic E-state index is 1.70. The second-order valence-electron chi connectivity index (χ2n) is 7.96. The standard InChI is InChI=1S/C19H30Si4/c1-11-20(4,5)14-17-23(10,18-15-21(6,7)12-2)19-16-22(8,9)13-3/h1-3,14-19H,4-10H3. The Morgan fingerprint density at radius 2 is 0.696 bits per heavy atom. The second kappa shape index (κ2) is 8.04. The van der Waals surface area contributed by atoms with Crippen LogP contribution in [0, 0.1) is 35.9 Å². The summed E-state index contributed by atoms with van der Waals surface area (Å²) in [5.41, 5.74) is 22.8. The predicted molar refractivity (Wildman–Crippen MR) is 118 cm³/mol. The van der Waals surface area contributed by atoms with E-state index < -0.39 is 32.3 Å². The van der Waals surface area contributed by atoms with Crippen molar-refractivity contribution in [1.29, 1.82) is 0 Å². The maximum atomic E-state index is 5.67. The number of rotatable bonds is 6. The SMILES string of the molecule is C#C[Si](C)(C)C=C[Si](C)(C=C[Si](C)(C)C#C)C=C[Si](C)(C)C#C. The van der Waals surface area contributed by atoms with Crippen LogP contribution < -0.4 is 0 Å². The minimum Gasteiger partial charge on any atom is -0.130 e. The lowest BCUT2D eigenvalue weighted by atomic mass is 11.2. The molecular formula is C19H30Si4. The first kappa shape index (κ1) is 21.8. The first-order chi connectivity index (χ1) is 10.3. The maximum absolute atomic E-state index is 5.67. The molecule has 0 saturated heterocycles. The smallest absolute Gasteiger partial charge is 0.130 e. The van der Waals surface area contributed by atoms with Gasteiger partial charge < -0.3 is 0 Å². The van der Waals surface area contributed by atoms with Crippen molar-refractivity contribution in [2.45, 2.75) is 45.8 Å². The van der Waals surface area contributed by atoms with E-state index in [0.717, 1.165) is 0 Å². The molecule has 0 bridgehead atoms. The van der Waals surface area contributed by atoms with Crippen LogP contribution >= 0.6 is 0 Å². The van der Waals surface area contributed by atoms with E-state index in [1.54, 1.807) is 0 Å². The fraction of sp³-hybridized carbons (Fsp3) is 0.368. The van der Waals surface area contributed by atoms with Crippen LogP contribution in [0.15, 0.2) is 34.2 Å². The average molecular weight is 371 g/mol. The number of terminal acetylenes is 3. The van der Waals surface area contributed by atoms with Gasteiger partial charge in [-0.1, -0.05) is 80.0 Å². The Bertz CT molecular complexity index is 537. The number of hydrogen-bond acceptors (Lipinski definition) is 0. The van der Waals surface area contributed by atoms with Gasteiger partial charge in [0.1, 0.15) is 8.07 Å². The van der Waals surface area contributed by atoms with Crippen molar-refractivity contribution >= 4 is 32.3 Å².